The molecular weight excluding hydrogens is 326 g/mol. The SMILES string of the molecule is COCCNC(=S)Nc1nc(C)c(Cl)cc1Br. The molecule has 7 heteroatoms. The van der Waals surface area contributed by atoms with E-state index in [0.717, 1.165) is 10.2 Å². The largest absolute Gasteiger partial charge is 0.383 e. The normalized spacial score (nSPS) is 10.1. The van der Waals surface area contributed by atoms with E-state index in [1.165, 1.54) is 0 Å². The Morgan fingerprint density at radius 3 is 3.00 bits per heavy atom. The molecule has 0 aromatic carbocycles. The van der Waals surface area contributed by atoms with Crippen LogP contribution in [0, 0.1) is 6.92 Å². The van der Waals surface area contributed by atoms with Gasteiger partial charge in [-0.3, -0.25) is 0 Å². The van der Waals surface area contributed by atoms with Crippen molar-refractivity contribution in [1.82, 2.24) is 10.3 Å². The van der Waals surface area contributed by atoms with Gasteiger partial charge < -0.3 is 15.4 Å². The van der Waals surface area contributed by atoms with Crippen molar-refractivity contribution >= 4 is 50.7 Å². The van der Waals surface area contributed by atoms with Crippen LogP contribution in [0.15, 0.2) is 10.5 Å². The summed E-state index contributed by atoms with van der Waals surface area (Å²) in [7, 11) is 1.64. The summed E-state index contributed by atoms with van der Waals surface area (Å²) in [5.41, 5.74) is 0.747. The molecule has 4 nitrogen and oxygen atoms in total. The van der Waals surface area contributed by atoms with E-state index in [9.17, 15) is 0 Å². The number of thiocarbonyl (C=S) groups is 1. The van der Waals surface area contributed by atoms with Crippen molar-refractivity contribution in [3.8, 4) is 0 Å². The molecule has 0 saturated carbocycles. The lowest BCUT2D eigenvalue weighted by Gasteiger charge is -2.11. The monoisotopic (exact) mass is 337 g/mol. The van der Waals surface area contributed by atoms with Gasteiger partial charge in [-0.05, 0) is 41.1 Å². The van der Waals surface area contributed by atoms with Gasteiger partial charge in [0.15, 0.2) is 5.11 Å². The van der Waals surface area contributed by atoms with Gasteiger partial charge in [-0.15, -0.1) is 0 Å². The second-order valence-electron chi connectivity index (χ2n) is 3.26. The molecule has 0 bridgehead atoms. The van der Waals surface area contributed by atoms with E-state index in [4.69, 9.17) is 28.6 Å². The molecule has 17 heavy (non-hydrogen) atoms. The van der Waals surface area contributed by atoms with Crippen LogP contribution in [-0.2, 0) is 4.74 Å². The third-order valence-electron chi connectivity index (χ3n) is 1.93. The molecular formula is C10H13BrClN3OS. The standard InChI is InChI=1S/C10H13BrClN3OS/c1-6-8(12)5-7(11)9(14-6)15-10(17)13-3-4-16-2/h5H,3-4H2,1-2H3,(H2,13,14,15,17). The first-order valence-electron chi connectivity index (χ1n) is 4.91. The van der Waals surface area contributed by atoms with Gasteiger partial charge in [0.05, 0.1) is 21.8 Å². The highest BCUT2D eigenvalue weighted by Gasteiger charge is 2.07. The fraction of sp³-hybridized carbons (Fsp3) is 0.400. The molecule has 0 atom stereocenters. The number of anilines is 1. The molecule has 1 aromatic heterocycles. The van der Waals surface area contributed by atoms with Crippen LogP contribution in [0.3, 0.4) is 0 Å². The molecule has 2 N–H and O–H groups in total. The first-order valence-corrected chi connectivity index (χ1v) is 6.49. The Hall–Kier alpha value is -0.430. The summed E-state index contributed by atoms with van der Waals surface area (Å²) in [5.74, 6) is 0.641. The second-order valence-corrected chi connectivity index (χ2v) is 4.93. The summed E-state index contributed by atoms with van der Waals surface area (Å²) in [6.07, 6.45) is 0. The number of methoxy groups -OCH3 is 1. The number of rotatable bonds is 4. The van der Waals surface area contributed by atoms with Crippen molar-refractivity contribution in [2.45, 2.75) is 6.92 Å². The average Bonchev–Trinajstić information content (AvgIpc) is 2.26. The molecule has 1 aromatic rings. The Kier molecular flexibility index (Phi) is 6.11. The lowest BCUT2D eigenvalue weighted by atomic mass is 10.3. The van der Waals surface area contributed by atoms with Crippen LogP contribution in [0.1, 0.15) is 5.69 Å². The molecule has 0 spiro atoms. The van der Waals surface area contributed by atoms with E-state index >= 15 is 0 Å². The van der Waals surface area contributed by atoms with Crippen molar-refractivity contribution in [3.05, 3.63) is 21.3 Å². The summed E-state index contributed by atoms with van der Waals surface area (Å²) < 4.78 is 5.68. The maximum atomic E-state index is 5.94. The molecule has 0 aliphatic rings. The highest BCUT2D eigenvalue weighted by molar-refractivity contribution is 9.10. The molecule has 0 radical (unpaired) electrons. The van der Waals surface area contributed by atoms with Gasteiger partial charge in [0.2, 0.25) is 0 Å². The Morgan fingerprint density at radius 2 is 2.35 bits per heavy atom. The van der Waals surface area contributed by atoms with E-state index in [-0.39, 0.29) is 0 Å². The van der Waals surface area contributed by atoms with Gasteiger partial charge in [-0.2, -0.15) is 0 Å². The Balaban J connectivity index is 2.62. The Morgan fingerprint density at radius 1 is 1.65 bits per heavy atom. The average molecular weight is 339 g/mol. The number of halogens is 2. The zero-order valence-corrected chi connectivity index (χ0v) is 12.7. The molecule has 94 valence electrons. The molecule has 0 unspecified atom stereocenters. The summed E-state index contributed by atoms with van der Waals surface area (Å²) in [6, 6.07) is 1.78. The minimum absolute atomic E-state index is 0.497. The number of hydrogen-bond acceptors (Lipinski definition) is 3. The van der Waals surface area contributed by atoms with E-state index < -0.39 is 0 Å². The molecule has 0 amide bonds. The maximum Gasteiger partial charge on any atom is 0.172 e. The zero-order valence-electron chi connectivity index (χ0n) is 9.51. The van der Waals surface area contributed by atoms with E-state index in [2.05, 4.69) is 31.5 Å². The van der Waals surface area contributed by atoms with Gasteiger partial charge in [-0.1, -0.05) is 11.6 Å². The number of aryl methyl sites for hydroxylation is 1. The first-order chi connectivity index (χ1) is 8.04. The van der Waals surface area contributed by atoms with Crippen molar-refractivity contribution < 1.29 is 4.74 Å². The summed E-state index contributed by atoms with van der Waals surface area (Å²) in [4.78, 5) is 4.29. The maximum absolute atomic E-state index is 5.94. The molecule has 1 rings (SSSR count). The molecule has 0 saturated heterocycles. The number of ether oxygens (including phenoxy) is 1. The van der Waals surface area contributed by atoms with Gasteiger partial charge in [0, 0.05) is 13.7 Å². The van der Waals surface area contributed by atoms with Crippen molar-refractivity contribution in [1.29, 1.82) is 0 Å². The number of hydrogen-bond donors (Lipinski definition) is 2. The first kappa shape index (κ1) is 14.6. The lowest BCUT2D eigenvalue weighted by Crippen LogP contribution is -2.31. The second kappa shape index (κ2) is 7.10. The minimum atomic E-state index is 0.497. The highest BCUT2D eigenvalue weighted by Crippen LogP contribution is 2.25. The van der Waals surface area contributed by atoms with Gasteiger partial charge >= 0.3 is 0 Å². The molecule has 0 aliphatic carbocycles. The summed E-state index contributed by atoms with van der Waals surface area (Å²) in [6.45, 7) is 3.07. The smallest absolute Gasteiger partial charge is 0.172 e. The van der Waals surface area contributed by atoms with Crippen LogP contribution < -0.4 is 10.6 Å². The summed E-state index contributed by atoms with van der Waals surface area (Å²) in [5, 5.41) is 7.09. The highest BCUT2D eigenvalue weighted by atomic mass is 79.9. The van der Waals surface area contributed by atoms with E-state index in [1.807, 2.05) is 6.92 Å². The predicted octanol–water partition coefficient (Wildman–Crippen LogP) is 2.74. The predicted molar refractivity (Wildman–Crippen MR) is 77.8 cm³/mol. The van der Waals surface area contributed by atoms with Gasteiger partial charge in [0.25, 0.3) is 0 Å². The van der Waals surface area contributed by atoms with Crippen molar-refractivity contribution in [2.24, 2.45) is 0 Å². The van der Waals surface area contributed by atoms with Crippen LogP contribution in [0.5, 0.6) is 0 Å². The fourth-order valence-corrected chi connectivity index (χ4v) is 1.96. The third kappa shape index (κ3) is 4.75. The minimum Gasteiger partial charge on any atom is -0.383 e. The van der Waals surface area contributed by atoms with Gasteiger partial charge in [-0.25, -0.2) is 4.98 Å². The number of aromatic nitrogens is 1. The third-order valence-corrected chi connectivity index (χ3v) is 3.16. The number of nitrogens with one attached hydrogen (secondary N) is 2. The van der Waals surface area contributed by atoms with Crippen LogP contribution in [0.2, 0.25) is 5.02 Å². The Labute approximate surface area is 119 Å². The van der Waals surface area contributed by atoms with Crippen LogP contribution in [0.4, 0.5) is 5.82 Å². The van der Waals surface area contributed by atoms with Crippen LogP contribution in [0.25, 0.3) is 0 Å². The molecule has 1 heterocycles. The number of nitrogens with zero attached hydrogens (tertiary/aromatic N) is 1. The van der Waals surface area contributed by atoms with E-state index in [0.29, 0.717) is 29.1 Å². The fourth-order valence-electron chi connectivity index (χ4n) is 1.06. The molecule has 0 fully saturated rings. The molecule has 0 aliphatic heterocycles. The number of pyridine rings is 1. The van der Waals surface area contributed by atoms with Gasteiger partial charge in [0.1, 0.15) is 5.82 Å². The van der Waals surface area contributed by atoms with Crippen LogP contribution >= 0.6 is 39.7 Å². The summed E-state index contributed by atoms with van der Waals surface area (Å²) >= 11 is 14.4. The van der Waals surface area contributed by atoms with Crippen LogP contribution in [-0.4, -0.2) is 30.4 Å². The Bertz CT molecular complexity index is 417. The quantitative estimate of drug-likeness (QED) is 0.653. The van der Waals surface area contributed by atoms with E-state index in [1.54, 1.807) is 13.2 Å². The lowest BCUT2D eigenvalue weighted by molar-refractivity contribution is 0.204. The topological polar surface area (TPSA) is 46.2 Å². The van der Waals surface area contributed by atoms with Crippen molar-refractivity contribution in [2.75, 3.05) is 25.6 Å². The van der Waals surface area contributed by atoms with Crippen molar-refractivity contribution in [3.63, 3.8) is 0 Å². The zero-order chi connectivity index (χ0) is 12.8.